The molecule has 0 unspecified atom stereocenters. The predicted octanol–water partition coefficient (Wildman–Crippen LogP) is 2.26. The molecule has 28 heavy (non-hydrogen) atoms. The maximum Gasteiger partial charge on any atom is 0.288 e. The van der Waals surface area contributed by atoms with Gasteiger partial charge in [-0.15, -0.1) is 10.2 Å². The maximum atomic E-state index is 12.4. The van der Waals surface area contributed by atoms with Crippen LogP contribution in [0.5, 0.6) is 0 Å². The van der Waals surface area contributed by atoms with Crippen LogP contribution in [0.2, 0.25) is 0 Å². The minimum atomic E-state index is -0.391. The van der Waals surface area contributed by atoms with Crippen LogP contribution in [0.1, 0.15) is 13.8 Å². The van der Waals surface area contributed by atoms with Gasteiger partial charge in [0.25, 0.3) is 5.24 Å². The van der Waals surface area contributed by atoms with Crippen molar-refractivity contribution in [3.05, 3.63) is 30.3 Å². The second kappa shape index (κ2) is 9.24. The normalized spacial score (nSPS) is 15.1. The summed E-state index contributed by atoms with van der Waals surface area (Å²) in [5.74, 6) is 0.553. The third kappa shape index (κ3) is 4.56. The van der Waals surface area contributed by atoms with Crippen LogP contribution in [0.4, 0.5) is 4.79 Å². The van der Waals surface area contributed by atoms with Crippen LogP contribution >= 0.6 is 23.5 Å². The third-order valence-corrected chi connectivity index (χ3v) is 6.13. The monoisotopic (exact) mass is 419 g/mol. The summed E-state index contributed by atoms with van der Waals surface area (Å²) in [5.41, 5.74) is 0.971. The van der Waals surface area contributed by atoms with Crippen molar-refractivity contribution >= 4 is 40.6 Å². The fourth-order valence-corrected chi connectivity index (χ4v) is 4.39. The Morgan fingerprint density at radius 1 is 1.29 bits per heavy atom. The van der Waals surface area contributed by atoms with E-state index in [0.717, 1.165) is 23.1 Å². The molecule has 10 heteroatoms. The van der Waals surface area contributed by atoms with Crippen molar-refractivity contribution in [2.45, 2.75) is 30.8 Å². The highest BCUT2D eigenvalue weighted by Crippen LogP contribution is 2.26. The van der Waals surface area contributed by atoms with Gasteiger partial charge in [0, 0.05) is 25.2 Å². The molecule has 0 bridgehead atoms. The van der Waals surface area contributed by atoms with Crippen molar-refractivity contribution in [1.29, 1.82) is 0 Å². The van der Waals surface area contributed by atoms with E-state index in [1.54, 1.807) is 6.92 Å². The Hall–Kier alpha value is -2.33. The van der Waals surface area contributed by atoms with Gasteiger partial charge in [0.15, 0.2) is 11.0 Å². The smallest absolute Gasteiger partial charge is 0.288 e. The fourth-order valence-electron chi connectivity index (χ4n) is 2.71. The summed E-state index contributed by atoms with van der Waals surface area (Å²) < 4.78 is 1.97. The number of aromatic nitrogens is 3. The minimum absolute atomic E-state index is 0.176. The van der Waals surface area contributed by atoms with Crippen molar-refractivity contribution in [2.75, 3.05) is 18.8 Å². The van der Waals surface area contributed by atoms with Crippen LogP contribution in [0.15, 0.2) is 35.5 Å². The summed E-state index contributed by atoms with van der Waals surface area (Å²) in [7, 11) is 0. The van der Waals surface area contributed by atoms with Gasteiger partial charge in [-0.1, -0.05) is 53.9 Å². The molecule has 1 fully saturated rings. The molecule has 1 atom stereocenters. The van der Waals surface area contributed by atoms with Crippen molar-refractivity contribution in [2.24, 2.45) is 0 Å². The average molecular weight is 420 g/mol. The first-order valence-corrected chi connectivity index (χ1v) is 10.8. The summed E-state index contributed by atoms with van der Waals surface area (Å²) >= 11 is 2.32. The first-order chi connectivity index (χ1) is 13.5. The van der Waals surface area contributed by atoms with E-state index in [2.05, 4.69) is 15.5 Å². The van der Waals surface area contributed by atoms with E-state index >= 15 is 0 Å². The number of amides is 3. The SMILES string of the molecule is CCn1c(S[C@@H](C)C(=O)NCCN2C(=O)CSC2=O)nnc1-c1ccccc1. The lowest BCUT2D eigenvalue weighted by Gasteiger charge is -2.15. The second-order valence-corrected chi connectivity index (χ2v) is 8.30. The molecule has 148 valence electrons. The van der Waals surface area contributed by atoms with Gasteiger partial charge in [-0.05, 0) is 13.8 Å². The molecule has 0 radical (unpaired) electrons. The van der Waals surface area contributed by atoms with Gasteiger partial charge in [0.2, 0.25) is 11.8 Å². The number of hydrogen-bond donors (Lipinski definition) is 1. The Morgan fingerprint density at radius 3 is 2.68 bits per heavy atom. The zero-order chi connectivity index (χ0) is 20.1. The molecule has 3 amide bonds. The van der Waals surface area contributed by atoms with E-state index in [0.29, 0.717) is 11.7 Å². The quantitative estimate of drug-likeness (QED) is 0.656. The number of nitrogens with one attached hydrogen (secondary N) is 1. The van der Waals surface area contributed by atoms with Gasteiger partial charge in [-0.25, -0.2) is 0 Å². The third-order valence-electron chi connectivity index (χ3n) is 4.19. The lowest BCUT2D eigenvalue weighted by molar-refractivity contribution is -0.125. The molecule has 1 aliphatic heterocycles. The zero-order valence-corrected chi connectivity index (χ0v) is 17.3. The number of thioether (sulfide) groups is 2. The standard InChI is InChI=1S/C18H21N5O3S2/c1-3-22-15(13-7-5-4-6-8-13)20-21-17(22)28-12(2)16(25)19-9-10-23-14(24)11-27-18(23)26/h4-8,12H,3,9-11H2,1-2H3,(H,19,25)/t12-/m0/s1. The van der Waals surface area contributed by atoms with Gasteiger partial charge in [-0.2, -0.15) is 0 Å². The maximum absolute atomic E-state index is 12.4. The summed E-state index contributed by atoms with van der Waals surface area (Å²) in [6, 6.07) is 9.78. The van der Waals surface area contributed by atoms with E-state index in [1.807, 2.05) is 41.8 Å². The molecule has 0 saturated carbocycles. The molecule has 1 aromatic carbocycles. The number of rotatable bonds is 8. The van der Waals surface area contributed by atoms with E-state index in [1.165, 1.54) is 16.7 Å². The summed E-state index contributed by atoms with van der Waals surface area (Å²) in [6.45, 7) is 4.91. The zero-order valence-electron chi connectivity index (χ0n) is 15.6. The molecule has 1 aromatic heterocycles. The van der Waals surface area contributed by atoms with E-state index < -0.39 is 5.25 Å². The largest absolute Gasteiger partial charge is 0.353 e. The molecule has 0 aliphatic carbocycles. The van der Waals surface area contributed by atoms with Crippen molar-refractivity contribution < 1.29 is 14.4 Å². The summed E-state index contributed by atoms with van der Waals surface area (Å²) in [6.07, 6.45) is 0. The molecule has 2 aromatic rings. The molecule has 1 N–H and O–H groups in total. The first kappa shape index (κ1) is 20.4. The number of imide groups is 1. The lowest BCUT2D eigenvalue weighted by Crippen LogP contribution is -2.39. The predicted molar refractivity (Wildman–Crippen MR) is 109 cm³/mol. The van der Waals surface area contributed by atoms with E-state index in [-0.39, 0.29) is 35.9 Å². The summed E-state index contributed by atoms with van der Waals surface area (Å²) in [5, 5.41) is 11.3. The van der Waals surface area contributed by atoms with Gasteiger partial charge in [0.1, 0.15) is 0 Å². The highest BCUT2D eigenvalue weighted by molar-refractivity contribution is 8.14. The number of carbonyl (C=O) groups is 3. The molecular weight excluding hydrogens is 398 g/mol. The first-order valence-electron chi connectivity index (χ1n) is 8.91. The molecule has 1 saturated heterocycles. The average Bonchev–Trinajstić information content (AvgIpc) is 3.25. The highest BCUT2D eigenvalue weighted by atomic mass is 32.2. The Labute approximate surface area is 171 Å². The van der Waals surface area contributed by atoms with E-state index in [4.69, 9.17) is 0 Å². The topological polar surface area (TPSA) is 97.2 Å². The Morgan fingerprint density at radius 2 is 2.04 bits per heavy atom. The Balaban J connectivity index is 1.57. The van der Waals surface area contributed by atoms with Gasteiger partial charge in [0.05, 0.1) is 11.0 Å². The van der Waals surface area contributed by atoms with Crippen molar-refractivity contribution in [3.63, 3.8) is 0 Å². The van der Waals surface area contributed by atoms with Gasteiger partial charge >= 0.3 is 0 Å². The molecule has 2 heterocycles. The minimum Gasteiger partial charge on any atom is -0.353 e. The van der Waals surface area contributed by atoms with Crippen LogP contribution in [0.3, 0.4) is 0 Å². The van der Waals surface area contributed by atoms with Crippen LogP contribution in [0, 0.1) is 0 Å². The van der Waals surface area contributed by atoms with Crippen molar-refractivity contribution in [3.8, 4) is 11.4 Å². The van der Waals surface area contributed by atoms with Crippen LogP contribution in [0.25, 0.3) is 11.4 Å². The highest BCUT2D eigenvalue weighted by Gasteiger charge is 2.29. The molecule has 1 aliphatic rings. The molecule has 8 nitrogen and oxygen atoms in total. The second-order valence-electron chi connectivity index (χ2n) is 6.07. The fraction of sp³-hybridized carbons (Fsp3) is 0.389. The Kier molecular flexibility index (Phi) is 6.74. The number of carbonyl (C=O) groups excluding carboxylic acids is 3. The van der Waals surface area contributed by atoms with E-state index in [9.17, 15) is 14.4 Å². The summed E-state index contributed by atoms with van der Waals surface area (Å²) in [4.78, 5) is 36.7. The number of nitrogens with zero attached hydrogens (tertiary/aromatic N) is 4. The van der Waals surface area contributed by atoms with Gasteiger partial charge < -0.3 is 9.88 Å². The van der Waals surface area contributed by atoms with Crippen LogP contribution < -0.4 is 5.32 Å². The Bertz CT molecular complexity index is 855. The van der Waals surface area contributed by atoms with Gasteiger partial charge in [-0.3, -0.25) is 19.3 Å². The number of benzene rings is 1. The number of hydrogen-bond acceptors (Lipinski definition) is 7. The molecular formula is C18H21N5O3S2. The molecule has 3 rings (SSSR count). The lowest BCUT2D eigenvalue weighted by atomic mass is 10.2. The van der Waals surface area contributed by atoms with Crippen molar-refractivity contribution in [1.82, 2.24) is 25.0 Å². The van der Waals surface area contributed by atoms with Crippen LogP contribution in [-0.4, -0.2) is 60.8 Å². The molecule has 0 spiro atoms. The van der Waals surface area contributed by atoms with Crippen LogP contribution in [-0.2, 0) is 16.1 Å².